The standard InChI is InChI=1S/C21H20FN3O3S/c22-16-7-5-15(6-8-16)21(19-3-2-14-29-19)24-20(26)4-1-13-23-17-9-11-18(12-10-17)25(27)28/h2-3,5-12,14,21,23H,1,4,13H2,(H,24,26). The van der Waals surface area contributed by atoms with Crippen LogP contribution in [0.2, 0.25) is 0 Å². The Morgan fingerprint density at radius 2 is 1.83 bits per heavy atom. The Kier molecular flexibility index (Phi) is 6.91. The van der Waals surface area contributed by atoms with Crippen LogP contribution in [-0.4, -0.2) is 17.4 Å². The molecule has 2 N–H and O–H groups in total. The summed E-state index contributed by atoms with van der Waals surface area (Å²) >= 11 is 1.53. The molecule has 0 saturated heterocycles. The van der Waals surface area contributed by atoms with Gasteiger partial charge < -0.3 is 10.6 Å². The van der Waals surface area contributed by atoms with Gasteiger partial charge in [0, 0.05) is 35.7 Å². The van der Waals surface area contributed by atoms with E-state index in [9.17, 15) is 19.3 Å². The molecule has 0 fully saturated rings. The highest BCUT2D eigenvalue weighted by Gasteiger charge is 2.17. The van der Waals surface area contributed by atoms with Gasteiger partial charge in [-0.25, -0.2) is 4.39 Å². The van der Waals surface area contributed by atoms with Gasteiger partial charge in [-0.3, -0.25) is 14.9 Å². The number of rotatable bonds is 9. The van der Waals surface area contributed by atoms with Crippen molar-refractivity contribution in [2.75, 3.05) is 11.9 Å². The lowest BCUT2D eigenvalue weighted by Crippen LogP contribution is -2.29. The van der Waals surface area contributed by atoms with E-state index in [4.69, 9.17) is 0 Å². The van der Waals surface area contributed by atoms with Crippen molar-refractivity contribution in [3.05, 3.63) is 92.4 Å². The first-order chi connectivity index (χ1) is 14.0. The first kappa shape index (κ1) is 20.5. The smallest absolute Gasteiger partial charge is 0.269 e. The molecule has 1 unspecified atom stereocenters. The SMILES string of the molecule is O=C(CCCNc1ccc([N+](=O)[O-])cc1)NC(c1ccc(F)cc1)c1cccs1. The summed E-state index contributed by atoms with van der Waals surface area (Å²) in [6.07, 6.45) is 0.923. The average Bonchev–Trinajstić information content (AvgIpc) is 3.25. The van der Waals surface area contributed by atoms with Crippen molar-refractivity contribution < 1.29 is 14.1 Å². The van der Waals surface area contributed by atoms with Crippen LogP contribution in [0.3, 0.4) is 0 Å². The molecular formula is C21H20FN3O3S. The number of nitrogens with zero attached hydrogens (tertiary/aromatic N) is 1. The van der Waals surface area contributed by atoms with Crippen molar-refractivity contribution in [2.24, 2.45) is 0 Å². The number of nitrogens with one attached hydrogen (secondary N) is 2. The van der Waals surface area contributed by atoms with Crippen LogP contribution in [-0.2, 0) is 4.79 Å². The number of carbonyl (C=O) groups excluding carboxylic acids is 1. The van der Waals surface area contributed by atoms with Gasteiger partial charge in [-0.1, -0.05) is 18.2 Å². The summed E-state index contributed by atoms with van der Waals surface area (Å²) in [4.78, 5) is 23.6. The fraction of sp³-hybridized carbons (Fsp3) is 0.190. The van der Waals surface area contributed by atoms with Crippen LogP contribution in [0.5, 0.6) is 0 Å². The Labute approximate surface area is 171 Å². The quantitative estimate of drug-likeness (QED) is 0.297. The molecule has 1 heterocycles. The minimum atomic E-state index is -0.445. The zero-order valence-corrected chi connectivity index (χ0v) is 16.3. The number of halogens is 1. The molecule has 2 aromatic carbocycles. The van der Waals surface area contributed by atoms with Crippen LogP contribution >= 0.6 is 11.3 Å². The number of benzene rings is 2. The van der Waals surface area contributed by atoms with E-state index in [-0.39, 0.29) is 23.5 Å². The molecule has 1 amide bonds. The monoisotopic (exact) mass is 413 g/mol. The summed E-state index contributed by atoms with van der Waals surface area (Å²) in [5, 5.41) is 18.8. The summed E-state index contributed by atoms with van der Waals surface area (Å²) in [5.74, 6) is -0.416. The number of nitro benzene ring substituents is 1. The number of hydrogen-bond donors (Lipinski definition) is 2. The highest BCUT2D eigenvalue weighted by molar-refractivity contribution is 7.10. The molecule has 0 bridgehead atoms. The fourth-order valence-electron chi connectivity index (χ4n) is 2.85. The van der Waals surface area contributed by atoms with Gasteiger partial charge in [0.2, 0.25) is 5.91 Å². The Hall–Kier alpha value is -3.26. The van der Waals surface area contributed by atoms with Crippen molar-refractivity contribution >= 4 is 28.6 Å². The van der Waals surface area contributed by atoms with Gasteiger partial charge in [0.05, 0.1) is 11.0 Å². The number of anilines is 1. The van der Waals surface area contributed by atoms with Crippen LogP contribution < -0.4 is 10.6 Å². The Balaban J connectivity index is 1.51. The number of nitro groups is 1. The summed E-state index contributed by atoms with van der Waals surface area (Å²) in [6, 6.07) is 15.8. The van der Waals surface area contributed by atoms with E-state index in [1.165, 1.54) is 35.6 Å². The number of amides is 1. The van der Waals surface area contributed by atoms with Crippen LogP contribution in [0.25, 0.3) is 0 Å². The highest BCUT2D eigenvalue weighted by atomic mass is 32.1. The normalized spacial score (nSPS) is 11.6. The van der Waals surface area contributed by atoms with Gasteiger partial charge in [0.1, 0.15) is 5.82 Å². The second kappa shape index (κ2) is 9.79. The van der Waals surface area contributed by atoms with E-state index in [2.05, 4.69) is 10.6 Å². The molecule has 0 aliphatic heterocycles. The van der Waals surface area contributed by atoms with Gasteiger partial charge in [0.25, 0.3) is 5.69 Å². The zero-order valence-electron chi connectivity index (χ0n) is 15.5. The molecule has 0 aliphatic rings. The third-order valence-corrected chi connectivity index (χ3v) is 5.26. The van der Waals surface area contributed by atoms with Gasteiger partial charge in [-0.15, -0.1) is 11.3 Å². The van der Waals surface area contributed by atoms with Crippen molar-refractivity contribution in [3.8, 4) is 0 Å². The lowest BCUT2D eigenvalue weighted by atomic mass is 10.0. The van der Waals surface area contributed by atoms with Gasteiger partial charge >= 0.3 is 0 Å². The fourth-order valence-corrected chi connectivity index (χ4v) is 3.65. The van der Waals surface area contributed by atoms with Crippen LogP contribution in [0.1, 0.15) is 29.3 Å². The number of carbonyl (C=O) groups is 1. The highest BCUT2D eigenvalue weighted by Crippen LogP contribution is 2.26. The van der Waals surface area contributed by atoms with Crippen molar-refractivity contribution in [1.29, 1.82) is 0 Å². The Bertz CT molecular complexity index is 944. The van der Waals surface area contributed by atoms with Crippen LogP contribution in [0, 0.1) is 15.9 Å². The molecular weight excluding hydrogens is 393 g/mol. The van der Waals surface area contributed by atoms with Crippen LogP contribution in [0.4, 0.5) is 15.8 Å². The number of thiophene rings is 1. The molecule has 29 heavy (non-hydrogen) atoms. The molecule has 8 heteroatoms. The molecule has 0 spiro atoms. The maximum Gasteiger partial charge on any atom is 0.269 e. The minimum absolute atomic E-state index is 0.0374. The van der Waals surface area contributed by atoms with Crippen LogP contribution in [0.15, 0.2) is 66.0 Å². The van der Waals surface area contributed by atoms with E-state index >= 15 is 0 Å². The maximum absolute atomic E-state index is 13.2. The molecule has 1 aromatic heterocycles. The van der Waals surface area contributed by atoms with E-state index in [1.807, 2.05) is 17.5 Å². The van der Waals surface area contributed by atoms with Crippen molar-refractivity contribution in [3.63, 3.8) is 0 Å². The number of non-ortho nitro benzene ring substituents is 1. The van der Waals surface area contributed by atoms with E-state index < -0.39 is 4.92 Å². The van der Waals surface area contributed by atoms with Gasteiger partial charge in [-0.05, 0) is 47.7 Å². The zero-order chi connectivity index (χ0) is 20.6. The summed E-state index contributed by atoms with van der Waals surface area (Å²) in [7, 11) is 0. The molecule has 150 valence electrons. The largest absolute Gasteiger partial charge is 0.385 e. The molecule has 0 radical (unpaired) electrons. The minimum Gasteiger partial charge on any atom is -0.385 e. The van der Waals surface area contributed by atoms with Crippen molar-refractivity contribution in [2.45, 2.75) is 18.9 Å². The lowest BCUT2D eigenvalue weighted by Gasteiger charge is -2.18. The van der Waals surface area contributed by atoms with E-state index in [1.54, 1.807) is 24.3 Å². The summed E-state index contributed by atoms with van der Waals surface area (Å²) in [6.45, 7) is 0.561. The molecule has 3 aromatic rings. The molecule has 3 rings (SSSR count). The topological polar surface area (TPSA) is 84.3 Å². The molecule has 0 aliphatic carbocycles. The Morgan fingerprint density at radius 3 is 2.45 bits per heavy atom. The third kappa shape index (κ3) is 5.86. The molecule has 1 atom stereocenters. The predicted octanol–water partition coefficient (Wildman–Crippen LogP) is 4.89. The Morgan fingerprint density at radius 1 is 1.10 bits per heavy atom. The summed E-state index contributed by atoms with van der Waals surface area (Å²) in [5.41, 5.74) is 1.63. The second-order valence-corrected chi connectivity index (χ2v) is 7.38. The third-order valence-electron chi connectivity index (χ3n) is 4.32. The lowest BCUT2D eigenvalue weighted by molar-refractivity contribution is -0.384. The summed E-state index contributed by atoms with van der Waals surface area (Å²) < 4.78 is 13.2. The van der Waals surface area contributed by atoms with Gasteiger partial charge in [-0.2, -0.15) is 0 Å². The van der Waals surface area contributed by atoms with E-state index in [0.717, 1.165) is 16.1 Å². The average molecular weight is 413 g/mol. The maximum atomic E-state index is 13.2. The first-order valence-corrected chi connectivity index (χ1v) is 9.97. The number of hydrogen-bond acceptors (Lipinski definition) is 5. The van der Waals surface area contributed by atoms with Crippen molar-refractivity contribution in [1.82, 2.24) is 5.32 Å². The molecule has 6 nitrogen and oxygen atoms in total. The second-order valence-electron chi connectivity index (χ2n) is 6.40. The van der Waals surface area contributed by atoms with Gasteiger partial charge in [0.15, 0.2) is 0 Å². The first-order valence-electron chi connectivity index (χ1n) is 9.09. The predicted molar refractivity (Wildman–Crippen MR) is 112 cm³/mol. The molecule has 0 saturated carbocycles. The van der Waals surface area contributed by atoms with E-state index in [0.29, 0.717) is 19.4 Å².